The van der Waals surface area contributed by atoms with Gasteiger partial charge >= 0.3 is 11.8 Å². The van der Waals surface area contributed by atoms with Crippen LogP contribution in [0.1, 0.15) is 5.56 Å². The van der Waals surface area contributed by atoms with Gasteiger partial charge in [0.25, 0.3) is 5.69 Å². The molecule has 0 spiro atoms. The number of carbonyl (C=O) groups is 2. The molecule has 0 heterocycles. The number of non-ortho nitro benzene ring substituents is 1. The van der Waals surface area contributed by atoms with Gasteiger partial charge in [-0.1, -0.05) is 0 Å². The molecule has 0 unspecified atom stereocenters. The summed E-state index contributed by atoms with van der Waals surface area (Å²) in [6.45, 7) is 0. The van der Waals surface area contributed by atoms with Crippen LogP contribution in [0.3, 0.4) is 0 Å². The molecule has 2 N–H and O–H groups in total. The third-order valence-electron chi connectivity index (χ3n) is 2.79. The van der Waals surface area contributed by atoms with E-state index in [1.165, 1.54) is 42.6 Å². The van der Waals surface area contributed by atoms with Gasteiger partial charge in [-0.3, -0.25) is 19.7 Å². The lowest BCUT2D eigenvalue weighted by molar-refractivity contribution is -0.384. The Kier molecular flexibility index (Phi) is 5.29. The van der Waals surface area contributed by atoms with Gasteiger partial charge in [0.1, 0.15) is 5.82 Å². The quantitative estimate of drug-likeness (QED) is 0.385. The van der Waals surface area contributed by atoms with Gasteiger partial charge in [-0.05, 0) is 42.0 Å². The zero-order chi connectivity index (χ0) is 17.5. The normalized spacial score (nSPS) is 10.4. The maximum atomic E-state index is 12.7. The maximum Gasteiger partial charge on any atom is 0.329 e. The fourth-order valence-corrected chi connectivity index (χ4v) is 1.62. The lowest BCUT2D eigenvalue weighted by atomic mass is 10.2. The number of nitro benzene ring substituents is 1. The first-order valence-electron chi connectivity index (χ1n) is 6.60. The number of nitrogens with zero attached hydrogens (tertiary/aromatic N) is 2. The van der Waals surface area contributed by atoms with Crippen molar-refractivity contribution in [3.05, 3.63) is 70.0 Å². The smallest absolute Gasteiger partial charge is 0.318 e. The summed E-state index contributed by atoms with van der Waals surface area (Å²) < 4.78 is 12.7. The largest absolute Gasteiger partial charge is 0.329 e. The molecule has 0 bridgehead atoms. The number of nitrogens with one attached hydrogen (secondary N) is 2. The molecular formula is C15H11FN4O4. The highest BCUT2D eigenvalue weighted by Gasteiger charge is 2.12. The third kappa shape index (κ3) is 4.70. The number of hydrazone groups is 1. The van der Waals surface area contributed by atoms with E-state index in [1.54, 1.807) is 0 Å². The Bertz CT molecular complexity index is 788. The van der Waals surface area contributed by atoms with E-state index in [4.69, 9.17) is 0 Å². The number of amides is 2. The van der Waals surface area contributed by atoms with Gasteiger partial charge < -0.3 is 5.32 Å². The zero-order valence-corrected chi connectivity index (χ0v) is 12.1. The van der Waals surface area contributed by atoms with Crippen LogP contribution in [0.2, 0.25) is 0 Å². The Morgan fingerprint density at radius 2 is 1.67 bits per heavy atom. The van der Waals surface area contributed by atoms with Crippen LogP contribution in [0.4, 0.5) is 15.8 Å². The van der Waals surface area contributed by atoms with Gasteiger partial charge in [-0.2, -0.15) is 5.10 Å². The molecule has 2 aromatic rings. The van der Waals surface area contributed by atoms with Crippen molar-refractivity contribution >= 4 is 29.4 Å². The predicted octanol–water partition coefficient (Wildman–Crippen LogP) is 1.82. The van der Waals surface area contributed by atoms with Gasteiger partial charge in [-0.25, -0.2) is 9.82 Å². The van der Waals surface area contributed by atoms with Crippen LogP contribution in [0, 0.1) is 15.9 Å². The molecule has 24 heavy (non-hydrogen) atoms. The van der Waals surface area contributed by atoms with Crippen molar-refractivity contribution in [1.82, 2.24) is 5.43 Å². The van der Waals surface area contributed by atoms with Crippen LogP contribution < -0.4 is 10.7 Å². The first kappa shape index (κ1) is 16.7. The summed E-state index contributed by atoms with van der Waals surface area (Å²) in [7, 11) is 0. The molecule has 0 fully saturated rings. The standard InChI is InChI=1S/C15H11FN4O4/c16-11-3-5-12(6-4-11)18-14(21)15(22)19-17-9-10-1-7-13(8-2-10)20(23)24/h1-9H,(H,18,21)(H,19,22). The molecule has 2 rings (SSSR count). The molecule has 2 amide bonds. The molecule has 9 heteroatoms. The second-order valence-electron chi connectivity index (χ2n) is 4.51. The molecule has 8 nitrogen and oxygen atoms in total. The number of anilines is 1. The summed E-state index contributed by atoms with van der Waals surface area (Å²) in [5, 5.41) is 16.4. The van der Waals surface area contributed by atoms with Crippen molar-refractivity contribution < 1.29 is 18.9 Å². The van der Waals surface area contributed by atoms with Crippen molar-refractivity contribution in [2.24, 2.45) is 5.10 Å². The highest BCUT2D eigenvalue weighted by atomic mass is 19.1. The van der Waals surface area contributed by atoms with Crippen LogP contribution in [-0.4, -0.2) is 23.0 Å². The SMILES string of the molecule is O=C(NN=Cc1ccc([N+](=O)[O-])cc1)C(=O)Nc1ccc(F)cc1. The number of rotatable bonds is 4. The van der Waals surface area contributed by atoms with E-state index in [0.29, 0.717) is 5.56 Å². The number of halogens is 1. The van der Waals surface area contributed by atoms with Crippen LogP contribution >= 0.6 is 0 Å². The van der Waals surface area contributed by atoms with E-state index in [1.807, 2.05) is 5.43 Å². The minimum Gasteiger partial charge on any atom is -0.318 e. The lowest BCUT2D eigenvalue weighted by Gasteiger charge is -2.03. The molecule has 0 saturated carbocycles. The molecule has 122 valence electrons. The van der Waals surface area contributed by atoms with Crippen molar-refractivity contribution in [2.45, 2.75) is 0 Å². The van der Waals surface area contributed by atoms with Gasteiger partial charge in [-0.15, -0.1) is 0 Å². The van der Waals surface area contributed by atoms with Crippen molar-refractivity contribution in [2.75, 3.05) is 5.32 Å². The Balaban J connectivity index is 1.88. The van der Waals surface area contributed by atoms with Crippen LogP contribution in [0.5, 0.6) is 0 Å². The molecule has 0 saturated heterocycles. The van der Waals surface area contributed by atoms with Crippen molar-refractivity contribution in [3.8, 4) is 0 Å². The van der Waals surface area contributed by atoms with Gasteiger partial charge in [0.2, 0.25) is 0 Å². The summed E-state index contributed by atoms with van der Waals surface area (Å²) in [5.74, 6) is -2.45. The summed E-state index contributed by atoms with van der Waals surface area (Å²) >= 11 is 0. The van der Waals surface area contributed by atoms with Gasteiger partial charge in [0.15, 0.2) is 0 Å². The summed E-state index contributed by atoms with van der Waals surface area (Å²) in [6.07, 6.45) is 1.23. The van der Waals surface area contributed by atoms with E-state index >= 15 is 0 Å². The van der Waals surface area contributed by atoms with Crippen LogP contribution in [-0.2, 0) is 9.59 Å². The molecule has 0 aliphatic heterocycles. The van der Waals surface area contributed by atoms with Crippen LogP contribution in [0.25, 0.3) is 0 Å². The first-order chi connectivity index (χ1) is 11.5. The second-order valence-corrected chi connectivity index (χ2v) is 4.51. The van der Waals surface area contributed by atoms with Gasteiger partial charge in [0.05, 0.1) is 11.1 Å². The van der Waals surface area contributed by atoms with E-state index in [0.717, 1.165) is 12.1 Å². The molecule has 0 atom stereocenters. The first-order valence-corrected chi connectivity index (χ1v) is 6.60. The highest BCUT2D eigenvalue weighted by Crippen LogP contribution is 2.10. The summed E-state index contributed by atoms with van der Waals surface area (Å²) in [6, 6.07) is 10.3. The summed E-state index contributed by atoms with van der Waals surface area (Å²) in [5.41, 5.74) is 2.70. The van der Waals surface area contributed by atoms with Gasteiger partial charge in [0, 0.05) is 17.8 Å². The number of carbonyl (C=O) groups excluding carboxylic acids is 2. The Hall–Kier alpha value is -3.62. The maximum absolute atomic E-state index is 12.7. The zero-order valence-electron chi connectivity index (χ0n) is 12.1. The van der Waals surface area contributed by atoms with Crippen LogP contribution in [0.15, 0.2) is 53.6 Å². The molecule has 0 aliphatic carbocycles. The van der Waals surface area contributed by atoms with E-state index < -0.39 is 22.6 Å². The summed E-state index contributed by atoms with van der Waals surface area (Å²) in [4.78, 5) is 33.1. The number of benzene rings is 2. The number of hydrogen-bond acceptors (Lipinski definition) is 5. The molecular weight excluding hydrogens is 319 g/mol. The molecule has 0 radical (unpaired) electrons. The molecule has 0 aliphatic rings. The minimum atomic E-state index is -1.02. The van der Waals surface area contributed by atoms with E-state index in [2.05, 4.69) is 10.4 Å². The fraction of sp³-hybridized carbons (Fsp3) is 0. The molecule has 0 aromatic heterocycles. The predicted molar refractivity (Wildman–Crippen MR) is 83.9 cm³/mol. The monoisotopic (exact) mass is 330 g/mol. The Morgan fingerprint density at radius 3 is 2.25 bits per heavy atom. The molecule has 2 aromatic carbocycles. The number of nitro groups is 1. The topological polar surface area (TPSA) is 114 Å². The Labute approximate surface area is 135 Å². The lowest BCUT2D eigenvalue weighted by Crippen LogP contribution is -2.32. The Morgan fingerprint density at radius 1 is 1.04 bits per heavy atom. The fourth-order valence-electron chi connectivity index (χ4n) is 1.62. The van der Waals surface area contributed by atoms with E-state index in [-0.39, 0.29) is 11.4 Å². The third-order valence-corrected chi connectivity index (χ3v) is 2.79. The highest BCUT2D eigenvalue weighted by molar-refractivity contribution is 6.39. The van der Waals surface area contributed by atoms with Crippen molar-refractivity contribution in [1.29, 1.82) is 0 Å². The average molecular weight is 330 g/mol. The average Bonchev–Trinajstić information content (AvgIpc) is 2.57. The second kappa shape index (κ2) is 7.58. The number of hydrogen-bond donors (Lipinski definition) is 2. The minimum absolute atomic E-state index is 0.0742. The van der Waals surface area contributed by atoms with Crippen molar-refractivity contribution in [3.63, 3.8) is 0 Å². The van der Waals surface area contributed by atoms with E-state index in [9.17, 15) is 24.1 Å².